The molecule has 0 heterocycles. The first kappa shape index (κ1) is 53.8. The smallest absolute Gasteiger partial charge is 2.00 e. The predicted molar refractivity (Wildman–Crippen MR) is 33.4 cm³/mol. The van der Waals surface area contributed by atoms with Crippen molar-refractivity contribution < 1.29 is 68.8 Å². The maximum atomic E-state index is 3.49. The van der Waals surface area contributed by atoms with Crippen LogP contribution in [-0.2, 0) is 68.8 Å². The first-order chi connectivity index (χ1) is 2.83. The summed E-state index contributed by atoms with van der Waals surface area (Å²) < 4.78 is 0. The van der Waals surface area contributed by atoms with Gasteiger partial charge in [0, 0.05) is 0 Å². The predicted octanol–water partition coefficient (Wildman–Crippen LogP) is 2.10. The SMILES string of the molecule is [CH2-]CC.[CH2-]CC.[O-2].[O-2].[O-2].[Zr+4].[Zr+4]. The minimum Gasteiger partial charge on any atom is -2.00 e. The average Bonchev–Trinajstić information content (AvgIpc) is 1.39. The fourth-order valence-corrected chi connectivity index (χ4v) is 0. The zero-order valence-corrected chi connectivity index (χ0v) is 12.0. The molecule has 0 radical (unpaired) electrons. The molecule has 0 aromatic heterocycles. The normalized spacial score (nSPS) is 3.27. The van der Waals surface area contributed by atoms with Crippen LogP contribution in [-0.4, -0.2) is 0 Å². The van der Waals surface area contributed by atoms with E-state index in [-0.39, 0.29) is 68.8 Å². The molecule has 64 valence electrons. The second-order valence-electron chi connectivity index (χ2n) is 1.000. The number of hydrogen-bond acceptors (Lipinski definition) is 0. The van der Waals surface area contributed by atoms with Gasteiger partial charge >= 0.3 is 52.4 Å². The molecule has 0 aliphatic rings. The Bertz CT molecular complexity index is 17.8. The van der Waals surface area contributed by atoms with Crippen LogP contribution < -0.4 is 0 Å². The summed E-state index contributed by atoms with van der Waals surface area (Å²) in [5.41, 5.74) is 0. The number of rotatable bonds is 0. The third-order valence-electron chi connectivity index (χ3n) is 0. The molecular formula is C6H14O3Zr2. The van der Waals surface area contributed by atoms with Crippen LogP contribution in [0.2, 0.25) is 0 Å². The number of hydrogen-bond donors (Lipinski definition) is 0. The van der Waals surface area contributed by atoms with Crippen molar-refractivity contribution in [3.8, 4) is 0 Å². The van der Waals surface area contributed by atoms with Gasteiger partial charge in [-0.1, -0.05) is 13.8 Å². The van der Waals surface area contributed by atoms with Gasteiger partial charge < -0.3 is 30.3 Å². The molecule has 0 unspecified atom stereocenters. The quantitative estimate of drug-likeness (QED) is 0.613. The van der Waals surface area contributed by atoms with Crippen molar-refractivity contribution in [2.24, 2.45) is 0 Å². The van der Waals surface area contributed by atoms with Crippen LogP contribution in [0, 0.1) is 13.8 Å². The summed E-state index contributed by atoms with van der Waals surface area (Å²) in [5, 5.41) is 0. The fraction of sp³-hybridized carbons (Fsp3) is 0.667. The minimum atomic E-state index is 0. The molecule has 0 fully saturated rings. The zero-order valence-electron chi connectivity index (χ0n) is 7.05. The standard InChI is InChI=1S/2C3H7.3O.2Zr/c2*1-3-2;;;;;/h2*1,3H2,2H3;;;;;/q2*-1;3*-2;2*+4. The molecule has 0 aliphatic carbocycles. The third kappa shape index (κ3) is 400. The van der Waals surface area contributed by atoms with E-state index in [1.54, 1.807) is 0 Å². The van der Waals surface area contributed by atoms with Crippen molar-refractivity contribution in [1.82, 2.24) is 0 Å². The minimum absolute atomic E-state index is 0. The molecule has 5 heteroatoms. The molecule has 0 N–H and O–H groups in total. The molecule has 0 saturated carbocycles. The van der Waals surface area contributed by atoms with Crippen LogP contribution in [0.4, 0.5) is 0 Å². The molecular weight excluding hydrogens is 303 g/mol. The first-order valence-electron chi connectivity index (χ1n) is 2.41. The zero-order chi connectivity index (χ0) is 5.41. The van der Waals surface area contributed by atoms with Gasteiger partial charge in [-0.25, -0.2) is 0 Å². The van der Waals surface area contributed by atoms with E-state index in [4.69, 9.17) is 0 Å². The molecule has 11 heavy (non-hydrogen) atoms. The van der Waals surface area contributed by atoms with E-state index in [1.165, 1.54) is 0 Å². The van der Waals surface area contributed by atoms with Crippen LogP contribution in [0.25, 0.3) is 0 Å². The Labute approximate surface area is 109 Å². The summed E-state index contributed by atoms with van der Waals surface area (Å²) in [7, 11) is 0. The Hall–Kier alpha value is 1.65. The summed E-state index contributed by atoms with van der Waals surface area (Å²) >= 11 is 0. The van der Waals surface area contributed by atoms with Gasteiger partial charge in [-0.05, 0) is 0 Å². The summed E-state index contributed by atoms with van der Waals surface area (Å²) in [6.45, 7) is 11.0. The van der Waals surface area contributed by atoms with Gasteiger partial charge in [0.25, 0.3) is 0 Å². The van der Waals surface area contributed by atoms with E-state index in [1.807, 2.05) is 13.8 Å². The van der Waals surface area contributed by atoms with E-state index in [9.17, 15) is 0 Å². The fourth-order valence-electron chi connectivity index (χ4n) is 0. The summed E-state index contributed by atoms with van der Waals surface area (Å²) in [6.07, 6.45) is 2.00. The molecule has 0 atom stereocenters. The molecule has 0 aromatic carbocycles. The Morgan fingerprint density at radius 3 is 0.727 bits per heavy atom. The molecule has 0 aromatic rings. The molecule has 0 spiro atoms. The molecule has 3 nitrogen and oxygen atoms in total. The van der Waals surface area contributed by atoms with Crippen molar-refractivity contribution in [2.45, 2.75) is 26.7 Å². The second kappa shape index (κ2) is 99.3. The topological polar surface area (TPSA) is 85.5 Å². The molecule has 0 bridgehead atoms. The molecule has 0 amide bonds. The van der Waals surface area contributed by atoms with E-state index in [2.05, 4.69) is 13.8 Å². The van der Waals surface area contributed by atoms with E-state index >= 15 is 0 Å². The van der Waals surface area contributed by atoms with Gasteiger partial charge in [0.15, 0.2) is 0 Å². The Kier molecular flexibility index (Phi) is 486. The Balaban J connectivity index is -0.00000000400. The van der Waals surface area contributed by atoms with Gasteiger partial charge in [0.05, 0.1) is 0 Å². The van der Waals surface area contributed by atoms with Gasteiger partial charge in [-0.3, -0.25) is 0 Å². The molecule has 0 aliphatic heterocycles. The monoisotopic (exact) mass is 314 g/mol. The van der Waals surface area contributed by atoms with Crippen LogP contribution >= 0.6 is 0 Å². The van der Waals surface area contributed by atoms with Gasteiger partial charge in [0.2, 0.25) is 0 Å². The largest absolute Gasteiger partial charge is 4.00 e. The summed E-state index contributed by atoms with van der Waals surface area (Å²) in [4.78, 5) is 0. The van der Waals surface area contributed by atoms with Crippen molar-refractivity contribution in [3.05, 3.63) is 13.8 Å². The van der Waals surface area contributed by atoms with Gasteiger partial charge in [0.1, 0.15) is 0 Å². The first-order valence-corrected chi connectivity index (χ1v) is 2.41. The van der Waals surface area contributed by atoms with Crippen LogP contribution in [0.15, 0.2) is 0 Å². The third-order valence-corrected chi connectivity index (χ3v) is 0. The van der Waals surface area contributed by atoms with Crippen molar-refractivity contribution >= 4 is 0 Å². The average molecular weight is 317 g/mol. The van der Waals surface area contributed by atoms with E-state index < -0.39 is 0 Å². The second-order valence-corrected chi connectivity index (χ2v) is 1.000. The van der Waals surface area contributed by atoms with Crippen LogP contribution in [0.3, 0.4) is 0 Å². The Morgan fingerprint density at radius 1 is 0.727 bits per heavy atom. The maximum Gasteiger partial charge on any atom is 4.00 e. The molecule has 0 saturated heterocycles. The van der Waals surface area contributed by atoms with E-state index in [0.29, 0.717) is 0 Å². The van der Waals surface area contributed by atoms with Crippen LogP contribution in [0.5, 0.6) is 0 Å². The Morgan fingerprint density at radius 2 is 0.727 bits per heavy atom. The van der Waals surface area contributed by atoms with Crippen molar-refractivity contribution in [2.75, 3.05) is 0 Å². The van der Waals surface area contributed by atoms with Crippen molar-refractivity contribution in [3.63, 3.8) is 0 Å². The van der Waals surface area contributed by atoms with Gasteiger partial charge in [-0.2, -0.15) is 12.8 Å². The summed E-state index contributed by atoms with van der Waals surface area (Å²) in [5.74, 6) is 0. The summed E-state index contributed by atoms with van der Waals surface area (Å²) in [6, 6.07) is 0. The van der Waals surface area contributed by atoms with Crippen LogP contribution in [0.1, 0.15) is 26.7 Å². The van der Waals surface area contributed by atoms with Crippen molar-refractivity contribution in [1.29, 1.82) is 0 Å². The van der Waals surface area contributed by atoms with Gasteiger partial charge in [-0.15, -0.1) is 0 Å². The van der Waals surface area contributed by atoms with E-state index in [0.717, 1.165) is 12.8 Å². The maximum absolute atomic E-state index is 3.49. The molecule has 0 rings (SSSR count).